The second-order valence-corrected chi connectivity index (χ2v) is 10.4. The van der Waals surface area contributed by atoms with Crippen LogP contribution in [0.25, 0.3) is 11.1 Å². The fourth-order valence-electron chi connectivity index (χ4n) is 4.92. The number of thioether (sulfide) groups is 1. The summed E-state index contributed by atoms with van der Waals surface area (Å²) >= 11 is 1.45. The van der Waals surface area contributed by atoms with Crippen molar-refractivity contribution < 1.29 is 17.9 Å². The first-order valence-electron chi connectivity index (χ1n) is 12.3. The highest BCUT2D eigenvalue weighted by atomic mass is 32.2. The Balaban J connectivity index is 1.88. The van der Waals surface area contributed by atoms with Crippen LogP contribution in [-0.4, -0.2) is 40.9 Å². The summed E-state index contributed by atoms with van der Waals surface area (Å²) in [6.45, 7) is 9.57. The SMILES string of the molecule is C=C/C(F)=C(/Cc1c(C)c(-c2cccc(OC)c2F)c(=O)n2c1SCC2CN(C)Cc1ccncc1)C(=C)F. The molecule has 3 heterocycles. The highest BCUT2D eigenvalue weighted by Crippen LogP contribution is 2.41. The van der Waals surface area contributed by atoms with Gasteiger partial charge in [0.2, 0.25) is 0 Å². The van der Waals surface area contributed by atoms with Crippen molar-refractivity contribution >= 4 is 11.8 Å². The molecule has 5 nitrogen and oxygen atoms in total. The predicted octanol–water partition coefficient (Wildman–Crippen LogP) is 6.58. The van der Waals surface area contributed by atoms with Crippen LogP contribution < -0.4 is 10.3 Å². The Labute approximate surface area is 230 Å². The zero-order valence-corrected chi connectivity index (χ0v) is 23.0. The number of hydrogen-bond acceptors (Lipinski definition) is 5. The van der Waals surface area contributed by atoms with E-state index in [1.807, 2.05) is 19.2 Å². The van der Waals surface area contributed by atoms with E-state index >= 15 is 4.39 Å². The molecular formula is C30H30F3N3O2S. The van der Waals surface area contributed by atoms with Crippen molar-refractivity contribution in [3.63, 3.8) is 0 Å². The van der Waals surface area contributed by atoms with E-state index in [0.29, 0.717) is 35.0 Å². The maximum absolute atomic E-state index is 15.5. The van der Waals surface area contributed by atoms with Gasteiger partial charge in [0.1, 0.15) is 11.7 Å². The van der Waals surface area contributed by atoms with Gasteiger partial charge in [-0.15, -0.1) is 11.8 Å². The number of aromatic nitrogens is 2. The number of allylic oxidation sites excluding steroid dienone is 4. The van der Waals surface area contributed by atoms with E-state index < -0.39 is 17.5 Å². The summed E-state index contributed by atoms with van der Waals surface area (Å²) in [6.07, 6.45) is 4.21. The number of nitrogens with zero attached hydrogens (tertiary/aromatic N) is 3. The van der Waals surface area contributed by atoms with Crippen LogP contribution >= 0.6 is 11.8 Å². The number of ether oxygens (including phenoxy) is 1. The van der Waals surface area contributed by atoms with Crippen molar-refractivity contribution in [1.82, 2.24) is 14.5 Å². The number of methoxy groups -OCH3 is 1. The first kappa shape index (κ1) is 28.4. The summed E-state index contributed by atoms with van der Waals surface area (Å²) in [5, 5.41) is 0.613. The minimum atomic E-state index is -0.928. The fourth-order valence-corrected chi connectivity index (χ4v) is 6.30. The third kappa shape index (κ3) is 5.74. The maximum Gasteiger partial charge on any atom is 0.260 e. The molecule has 204 valence electrons. The summed E-state index contributed by atoms with van der Waals surface area (Å²) in [6, 6.07) is 8.20. The van der Waals surface area contributed by atoms with E-state index in [-0.39, 0.29) is 40.5 Å². The van der Waals surface area contributed by atoms with Gasteiger partial charge in [-0.05, 0) is 54.9 Å². The third-order valence-electron chi connectivity index (χ3n) is 6.84. The molecule has 1 unspecified atom stereocenters. The summed E-state index contributed by atoms with van der Waals surface area (Å²) in [4.78, 5) is 20.2. The second kappa shape index (κ2) is 12.1. The lowest BCUT2D eigenvalue weighted by Gasteiger charge is -2.24. The lowest BCUT2D eigenvalue weighted by Crippen LogP contribution is -2.34. The molecule has 2 aromatic heterocycles. The van der Waals surface area contributed by atoms with Crippen LogP contribution in [0.1, 0.15) is 22.7 Å². The molecule has 1 atom stereocenters. The molecule has 9 heteroatoms. The highest BCUT2D eigenvalue weighted by Gasteiger charge is 2.32. The highest BCUT2D eigenvalue weighted by molar-refractivity contribution is 7.99. The van der Waals surface area contributed by atoms with E-state index in [1.165, 1.54) is 31.0 Å². The van der Waals surface area contributed by atoms with Crippen LogP contribution in [0.5, 0.6) is 5.75 Å². The number of halogens is 3. The Morgan fingerprint density at radius 2 is 2.00 bits per heavy atom. The standard InChI is InChI=1S/C30H30F3N3O2S/c1-6-25(32)24(19(3)31)14-23-18(2)27(22-8-7-9-26(38-5)28(22)33)29(37)36-21(17-39-30(23)36)16-35(4)15-20-10-12-34-13-11-20/h6-13,21H,1,3,14-17H2,2,4-5H3/b25-24+. The van der Waals surface area contributed by atoms with E-state index in [0.717, 1.165) is 11.6 Å². The first-order valence-corrected chi connectivity index (χ1v) is 13.3. The molecule has 1 aromatic carbocycles. The molecule has 0 aliphatic carbocycles. The molecule has 1 aliphatic rings. The molecular weight excluding hydrogens is 523 g/mol. The quantitative estimate of drug-likeness (QED) is 0.266. The van der Waals surface area contributed by atoms with Crippen molar-refractivity contribution in [2.75, 3.05) is 26.5 Å². The van der Waals surface area contributed by atoms with Crippen LogP contribution in [0, 0.1) is 12.7 Å². The minimum absolute atomic E-state index is 0.00298. The van der Waals surface area contributed by atoms with Crippen LogP contribution in [0.3, 0.4) is 0 Å². The second-order valence-electron chi connectivity index (χ2n) is 9.41. The predicted molar refractivity (Wildman–Crippen MR) is 150 cm³/mol. The molecule has 0 radical (unpaired) electrons. The number of hydrogen-bond donors (Lipinski definition) is 0. The molecule has 0 fully saturated rings. The van der Waals surface area contributed by atoms with Crippen LogP contribution in [-0.2, 0) is 13.0 Å². The van der Waals surface area contributed by atoms with Gasteiger partial charge in [0.25, 0.3) is 5.56 Å². The fraction of sp³-hybridized carbons (Fsp3) is 0.267. The summed E-state index contributed by atoms with van der Waals surface area (Å²) in [5.41, 5.74) is 1.66. The summed E-state index contributed by atoms with van der Waals surface area (Å²) < 4.78 is 51.3. The van der Waals surface area contributed by atoms with Crippen LogP contribution in [0.4, 0.5) is 13.2 Å². The lowest BCUT2D eigenvalue weighted by molar-refractivity contribution is 0.276. The van der Waals surface area contributed by atoms with Crippen LogP contribution in [0.15, 0.2) is 89.0 Å². The van der Waals surface area contributed by atoms with Gasteiger partial charge in [-0.25, -0.2) is 13.2 Å². The molecule has 39 heavy (non-hydrogen) atoms. The average Bonchev–Trinajstić information content (AvgIpc) is 3.33. The molecule has 0 N–H and O–H groups in total. The Bertz CT molecular complexity index is 1500. The molecule has 4 rings (SSSR count). The van der Waals surface area contributed by atoms with Gasteiger partial charge >= 0.3 is 0 Å². The Hall–Kier alpha value is -3.56. The molecule has 0 bridgehead atoms. The number of pyridine rings is 2. The van der Waals surface area contributed by atoms with Gasteiger partial charge in [0.15, 0.2) is 11.6 Å². The van der Waals surface area contributed by atoms with E-state index in [2.05, 4.69) is 23.0 Å². The minimum Gasteiger partial charge on any atom is -0.494 e. The number of benzene rings is 1. The van der Waals surface area contributed by atoms with Crippen molar-refractivity contribution in [3.8, 4) is 16.9 Å². The Morgan fingerprint density at radius 1 is 1.28 bits per heavy atom. The first-order chi connectivity index (χ1) is 18.7. The van der Waals surface area contributed by atoms with Gasteiger partial charge in [-0.1, -0.05) is 25.3 Å². The van der Waals surface area contributed by atoms with Gasteiger partial charge in [0, 0.05) is 48.8 Å². The monoisotopic (exact) mass is 553 g/mol. The summed E-state index contributed by atoms with van der Waals surface area (Å²) in [7, 11) is 3.31. The molecule has 0 amide bonds. The van der Waals surface area contributed by atoms with Crippen molar-refractivity contribution in [2.45, 2.75) is 31.0 Å². The van der Waals surface area contributed by atoms with E-state index in [9.17, 15) is 13.6 Å². The number of rotatable bonds is 10. The molecule has 0 saturated heterocycles. The Kier molecular flexibility index (Phi) is 8.82. The van der Waals surface area contributed by atoms with Crippen molar-refractivity contribution in [3.05, 3.63) is 112 Å². The molecule has 1 aliphatic heterocycles. The zero-order chi connectivity index (χ0) is 28.3. The molecule has 3 aromatic rings. The Morgan fingerprint density at radius 3 is 2.64 bits per heavy atom. The summed E-state index contributed by atoms with van der Waals surface area (Å²) in [5.74, 6) is -1.87. The van der Waals surface area contributed by atoms with Gasteiger partial charge in [-0.2, -0.15) is 0 Å². The van der Waals surface area contributed by atoms with Gasteiger partial charge in [-0.3, -0.25) is 14.3 Å². The van der Waals surface area contributed by atoms with Crippen LogP contribution in [0.2, 0.25) is 0 Å². The average molecular weight is 554 g/mol. The topological polar surface area (TPSA) is 47.4 Å². The molecule has 0 spiro atoms. The third-order valence-corrected chi connectivity index (χ3v) is 8.11. The van der Waals surface area contributed by atoms with Crippen molar-refractivity contribution in [1.29, 1.82) is 0 Å². The molecule has 0 saturated carbocycles. The zero-order valence-electron chi connectivity index (χ0n) is 22.1. The number of fused-ring (bicyclic) bond motifs is 1. The normalized spacial score (nSPS) is 15.2. The smallest absolute Gasteiger partial charge is 0.260 e. The van der Waals surface area contributed by atoms with E-state index in [1.54, 1.807) is 30.0 Å². The van der Waals surface area contributed by atoms with Gasteiger partial charge in [0.05, 0.1) is 23.7 Å². The van der Waals surface area contributed by atoms with E-state index in [4.69, 9.17) is 4.74 Å². The number of likely N-dealkylation sites (N-methyl/N-ethyl adjacent to an activating group) is 1. The maximum atomic E-state index is 15.5. The van der Waals surface area contributed by atoms with Gasteiger partial charge < -0.3 is 9.64 Å². The lowest BCUT2D eigenvalue weighted by atomic mass is 9.93. The largest absolute Gasteiger partial charge is 0.494 e. The van der Waals surface area contributed by atoms with Crippen molar-refractivity contribution in [2.24, 2.45) is 0 Å².